The van der Waals surface area contributed by atoms with E-state index in [0.29, 0.717) is 18.5 Å². The van der Waals surface area contributed by atoms with Gasteiger partial charge >= 0.3 is 0 Å². The molecule has 1 aromatic heterocycles. The van der Waals surface area contributed by atoms with Crippen molar-refractivity contribution in [2.24, 2.45) is 10.9 Å². The van der Waals surface area contributed by atoms with Gasteiger partial charge in [-0.1, -0.05) is 13.8 Å². The van der Waals surface area contributed by atoms with Crippen molar-refractivity contribution in [3.8, 4) is 0 Å². The molecule has 0 bridgehead atoms. The van der Waals surface area contributed by atoms with Crippen LogP contribution in [0.3, 0.4) is 0 Å². The smallest absolute Gasteiger partial charge is 0.191 e. The molecule has 2 fully saturated rings. The number of hydrogen-bond acceptors (Lipinski definition) is 6. The third kappa shape index (κ3) is 7.63. The molecule has 0 aromatic carbocycles. The molecule has 2 atom stereocenters. The lowest BCUT2D eigenvalue weighted by Gasteiger charge is -2.35. The van der Waals surface area contributed by atoms with Crippen molar-refractivity contribution >= 4 is 11.8 Å². The van der Waals surface area contributed by atoms with E-state index in [4.69, 9.17) is 9.47 Å². The van der Waals surface area contributed by atoms with Crippen molar-refractivity contribution in [2.75, 3.05) is 64.5 Å². The van der Waals surface area contributed by atoms with E-state index in [1.54, 1.807) is 0 Å². The normalized spacial score (nSPS) is 21.9. The lowest BCUT2D eigenvalue weighted by atomic mass is 10.0. The highest BCUT2D eigenvalue weighted by Gasteiger charge is 2.22. The summed E-state index contributed by atoms with van der Waals surface area (Å²) in [5.41, 5.74) is 1.19. The van der Waals surface area contributed by atoms with E-state index in [0.717, 1.165) is 70.7 Å². The van der Waals surface area contributed by atoms with E-state index in [2.05, 4.69) is 63.3 Å². The molecule has 2 unspecified atom stereocenters. The lowest BCUT2D eigenvalue weighted by Crippen LogP contribution is -2.51. The summed E-state index contributed by atoms with van der Waals surface area (Å²) in [5, 5.41) is 7.00. The van der Waals surface area contributed by atoms with E-state index < -0.39 is 0 Å². The van der Waals surface area contributed by atoms with Gasteiger partial charge in [0, 0.05) is 58.6 Å². The van der Waals surface area contributed by atoms with Crippen molar-refractivity contribution in [3.63, 3.8) is 0 Å². The van der Waals surface area contributed by atoms with Gasteiger partial charge in [-0.05, 0) is 37.0 Å². The monoisotopic (exact) mass is 432 g/mol. The van der Waals surface area contributed by atoms with Crippen LogP contribution in [0, 0.1) is 5.92 Å². The maximum absolute atomic E-state index is 5.65. The maximum Gasteiger partial charge on any atom is 0.191 e. The Morgan fingerprint density at radius 1 is 1.23 bits per heavy atom. The molecule has 2 saturated heterocycles. The molecule has 1 aromatic rings. The number of rotatable bonds is 8. The van der Waals surface area contributed by atoms with Gasteiger partial charge in [-0.15, -0.1) is 0 Å². The van der Waals surface area contributed by atoms with Crippen LogP contribution >= 0.6 is 0 Å². The summed E-state index contributed by atoms with van der Waals surface area (Å²) < 4.78 is 11.2. The average Bonchev–Trinajstić information content (AvgIpc) is 2.79. The number of pyridine rings is 1. The number of morpholine rings is 2. The van der Waals surface area contributed by atoms with Crippen LogP contribution in [-0.4, -0.2) is 87.6 Å². The lowest BCUT2D eigenvalue weighted by molar-refractivity contribution is 0.0132. The third-order valence-electron chi connectivity index (χ3n) is 5.87. The highest BCUT2D eigenvalue weighted by atomic mass is 16.5. The molecule has 8 heteroatoms. The average molecular weight is 433 g/mol. The summed E-state index contributed by atoms with van der Waals surface area (Å²) >= 11 is 0. The van der Waals surface area contributed by atoms with Crippen molar-refractivity contribution in [2.45, 2.75) is 45.9 Å². The number of aromatic nitrogens is 1. The van der Waals surface area contributed by atoms with Crippen molar-refractivity contribution in [3.05, 3.63) is 23.9 Å². The van der Waals surface area contributed by atoms with Gasteiger partial charge in [0.05, 0.1) is 25.9 Å². The Morgan fingerprint density at radius 2 is 2.03 bits per heavy atom. The predicted molar refractivity (Wildman–Crippen MR) is 126 cm³/mol. The number of nitrogens with zero attached hydrogens (tertiary/aromatic N) is 4. The van der Waals surface area contributed by atoms with E-state index in [1.165, 1.54) is 5.56 Å². The van der Waals surface area contributed by atoms with Crippen LogP contribution in [0.25, 0.3) is 0 Å². The Bertz CT molecular complexity index is 692. The molecule has 0 spiro atoms. The summed E-state index contributed by atoms with van der Waals surface area (Å²) in [4.78, 5) is 13.8. The minimum Gasteiger partial charge on any atom is -0.379 e. The molecule has 2 N–H and O–H groups in total. The first-order valence-electron chi connectivity index (χ1n) is 11.6. The van der Waals surface area contributed by atoms with E-state index in [1.807, 2.05) is 13.2 Å². The van der Waals surface area contributed by atoms with Crippen LogP contribution in [-0.2, 0) is 16.0 Å². The molecular formula is C23H40N6O2. The zero-order chi connectivity index (χ0) is 22.1. The molecule has 2 aliphatic heterocycles. The zero-order valence-electron chi connectivity index (χ0n) is 19.6. The molecule has 0 aliphatic carbocycles. The number of aliphatic imine (C=N–C) groups is 1. The van der Waals surface area contributed by atoms with Crippen molar-refractivity contribution in [1.82, 2.24) is 20.5 Å². The zero-order valence-corrected chi connectivity index (χ0v) is 19.6. The second-order valence-corrected chi connectivity index (χ2v) is 8.89. The van der Waals surface area contributed by atoms with E-state index in [-0.39, 0.29) is 6.10 Å². The summed E-state index contributed by atoms with van der Waals surface area (Å²) in [6.07, 6.45) is 3.29. The van der Waals surface area contributed by atoms with Gasteiger partial charge in [-0.2, -0.15) is 0 Å². The van der Waals surface area contributed by atoms with Crippen molar-refractivity contribution < 1.29 is 9.47 Å². The Labute approximate surface area is 187 Å². The van der Waals surface area contributed by atoms with Gasteiger partial charge in [-0.3, -0.25) is 9.89 Å². The summed E-state index contributed by atoms with van der Waals surface area (Å²) in [7, 11) is 1.83. The largest absolute Gasteiger partial charge is 0.379 e. The molecule has 0 amide bonds. The Kier molecular flexibility index (Phi) is 9.36. The van der Waals surface area contributed by atoms with Crippen LogP contribution in [0.2, 0.25) is 0 Å². The quantitative estimate of drug-likeness (QED) is 0.479. The van der Waals surface area contributed by atoms with Gasteiger partial charge in [0.25, 0.3) is 0 Å². The van der Waals surface area contributed by atoms with Crippen LogP contribution in [0.15, 0.2) is 23.3 Å². The van der Waals surface area contributed by atoms with Crippen LogP contribution < -0.4 is 15.5 Å². The third-order valence-corrected chi connectivity index (χ3v) is 5.87. The standard InChI is InChI=1S/C23H40N6O2/c1-18(2)13-21(28-7-10-30-11-8-28)16-27-23(24-4)26-15-20-5-6-25-22(14-20)29-9-12-31-19(3)17-29/h5-6,14,18-19,21H,7-13,15-17H2,1-4H3,(H2,24,26,27). The van der Waals surface area contributed by atoms with Crippen LogP contribution in [0.4, 0.5) is 5.82 Å². The topological polar surface area (TPSA) is 74.2 Å². The summed E-state index contributed by atoms with van der Waals surface area (Å²) in [6, 6.07) is 4.70. The van der Waals surface area contributed by atoms with E-state index >= 15 is 0 Å². The number of guanidine groups is 1. The molecule has 3 rings (SSSR count). The number of hydrogen-bond donors (Lipinski definition) is 2. The molecule has 2 aliphatic rings. The van der Waals surface area contributed by atoms with Crippen LogP contribution in [0.5, 0.6) is 0 Å². The Balaban J connectivity index is 1.52. The SMILES string of the molecule is CN=C(NCc1ccnc(N2CCOC(C)C2)c1)NCC(CC(C)C)N1CCOCC1. The first-order valence-corrected chi connectivity index (χ1v) is 11.6. The first kappa shape index (κ1) is 23.8. The van der Waals surface area contributed by atoms with E-state index in [9.17, 15) is 0 Å². The fraction of sp³-hybridized carbons (Fsp3) is 0.739. The van der Waals surface area contributed by atoms with Gasteiger partial charge in [0.15, 0.2) is 5.96 Å². The summed E-state index contributed by atoms with van der Waals surface area (Å²) in [6.45, 7) is 14.5. The first-order chi connectivity index (χ1) is 15.0. The molecule has 0 radical (unpaired) electrons. The number of nitrogens with one attached hydrogen (secondary N) is 2. The Hall–Kier alpha value is -1.90. The minimum absolute atomic E-state index is 0.241. The molecule has 174 valence electrons. The fourth-order valence-electron chi connectivity index (χ4n) is 4.24. The molecular weight excluding hydrogens is 392 g/mol. The Morgan fingerprint density at radius 3 is 2.74 bits per heavy atom. The highest BCUT2D eigenvalue weighted by Crippen LogP contribution is 2.16. The number of ether oxygens (including phenoxy) is 2. The summed E-state index contributed by atoms with van der Waals surface area (Å²) in [5.74, 6) is 2.50. The van der Waals surface area contributed by atoms with Gasteiger partial charge in [0.1, 0.15) is 5.82 Å². The minimum atomic E-state index is 0.241. The van der Waals surface area contributed by atoms with Gasteiger partial charge < -0.3 is 25.0 Å². The number of anilines is 1. The maximum atomic E-state index is 5.65. The van der Waals surface area contributed by atoms with Crippen molar-refractivity contribution in [1.29, 1.82) is 0 Å². The molecule has 31 heavy (non-hydrogen) atoms. The molecule has 8 nitrogen and oxygen atoms in total. The van der Waals surface area contributed by atoms with Gasteiger partial charge in [0.2, 0.25) is 0 Å². The molecule has 0 saturated carbocycles. The molecule has 3 heterocycles. The second kappa shape index (κ2) is 12.2. The highest BCUT2D eigenvalue weighted by molar-refractivity contribution is 5.79. The fourth-order valence-corrected chi connectivity index (χ4v) is 4.24. The van der Waals surface area contributed by atoms with Crippen LogP contribution in [0.1, 0.15) is 32.8 Å². The van der Waals surface area contributed by atoms with Gasteiger partial charge in [-0.25, -0.2) is 4.98 Å². The predicted octanol–water partition coefficient (Wildman–Crippen LogP) is 1.72. The second-order valence-electron chi connectivity index (χ2n) is 8.89.